The summed E-state index contributed by atoms with van der Waals surface area (Å²) in [7, 11) is -1.35. The van der Waals surface area contributed by atoms with Gasteiger partial charge in [-0.1, -0.05) is 79.4 Å². The van der Waals surface area contributed by atoms with Gasteiger partial charge >= 0.3 is 7.12 Å². The minimum atomic E-state index is -1.35. The van der Waals surface area contributed by atoms with Crippen molar-refractivity contribution < 1.29 is 14.8 Å². The van der Waals surface area contributed by atoms with E-state index in [1.807, 2.05) is 42.5 Å². The van der Waals surface area contributed by atoms with Crippen molar-refractivity contribution in [3.05, 3.63) is 116 Å². The van der Waals surface area contributed by atoms with E-state index in [1.165, 1.54) is 46.9 Å². The molecule has 41 heavy (non-hydrogen) atoms. The Morgan fingerprint density at radius 3 is 1.56 bits per heavy atom. The third-order valence-corrected chi connectivity index (χ3v) is 9.36. The van der Waals surface area contributed by atoms with Gasteiger partial charge in [-0.05, 0) is 117 Å². The standard InChI is InChI=1S/C22H24OS.C7H9BO2.C4H2Br2S/c1-3-4-5-16-23-20-12-10-19(11-13-20)22-15-14-21(24-22)18-8-6-17(2)7-9-18;1-6-2-4-7(5-3-6)8(9)10;5-3-1-2-4(6)7-3/h6-15H,3-5,16H2,1-2H3;2-5,9-10H,1H3;1-2H. The Morgan fingerprint density at radius 1 is 0.634 bits per heavy atom. The van der Waals surface area contributed by atoms with E-state index in [-0.39, 0.29) is 0 Å². The molecule has 2 N–H and O–H groups in total. The fourth-order valence-electron chi connectivity index (χ4n) is 3.65. The lowest BCUT2D eigenvalue weighted by Crippen LogP contribution is -2.29. The molecule has 214 valence electrons. The van der Waals surface area contributed by atoms with Crippen LogP contribution in [0.25, 0.3) is 20.9 Å². The lowest BCUT2D eigenvalue weighted by Gasteiger charge is -2.06. The quantitative estimate of drug-likeness (QED) is 0.124. The van der Waals surface area contributed by atoms with Crippen LogP contribution in [0.3, 0.4) is 0 Å². The number of hydrogen-bond donors (Lipinski definition) is 2. The molecule has 8 heteroatoms. The highest BCUT2D eigenvalue weighted by Gasteiger charge is 2.08. The molecule has 5 aromatic rings. The molecule has 0 atom stereocenters. The maximum Gasteiger partial charge on any atom is 0.488 e. The van der Waals surface area contributed by atoms with E-state index in [2.05, 4.69) is 106 Å². The van der Waals surface area contributed by atoms with E-state index in [0.29, 0.717) is 5.46 Å². The second kappa shape index (κ2) is 17.7. The first-order valence-electron chi connectivity index (χ1n) is 13.5. The lowest BCUT2D eigenvalue weighted by atomic mass is 9.80. The molecule has 0 spiro atoms. The van der Waals surface area contributed by atoms with Crippen LogP contribution in [-0.2, 0) is 0 Å². The Balaban J connectivity index is 0.000000221. The fraction of sp³-hybridized carbons (Fsp3) is 0.212. The zero-order valence-corrected chi connectivity index (χ0v) is 28.3. The molecular weight excluding hydrogens is 679 g/mol. The zero-order valence-electron chi connectivity index (χ0n) is 23.5. The van der Waals surface area contributed by atoms with Crippen molar-refractivity contribution in [2.75, 3.05) is 6.61 Å². The van der Waals surface area contributed by atoms with E-state index in [0.717, 1.165) is 24.3 Å². The van der Waals surface area contributed by atoms with Crippen molar-refractivity contribution in [1.29, 1.82) is 0 Å². The molecule has 0 aliphatic rings. The van der Waals surface area contributed by atoms with Gasteiger partial charge in [0, 0.05) is 9.75 Å². The van der Waals surface area contributed by atoms with E-state index < -0.39 is 7.12 Å². The molecule has 0 unspecified atom stereocenters. The van der Waals surface area contributed by atoms with Crippen LogP contribution in [0.15, 0.2) is 105 Å². The van der Waals surface area contributed by atoms with Crippen LogP contribution in [0.4, 0.5) is 0 Å². The molecule has 0 saturated carbocycles. The van der Waals surface area contributed by atoms with Gasteiger partial charge in [-0.15, -0.1) is 22.7 Å². The molecular formula is C33H35BBr2O3S2. The second-order valence-corrected chi connectivity index (χ2v) is 14.4. The van der Waals surface area contributed by atoms with Crippen molar-refractivity contribution in [3.63, 3.8) is 0 Å². The predicted molar refractivity (Wildman–Crippen MR) is 186 cm³/mol. The number of unbranched alkanes of at least 4 members (excludes halogenated alkanes) is 2. The van der Waals surface area contributed by atoms with Crippen LogP contribution in [0.2, 0.25) is 0 Å². The van der Waals surface area contributed by atoms with Gasteiger partial charge in [0.2, 0.25) is 0 Å². The van der Waals surface area contributed by atoms with Crippen molar-refractivity contribution >= 4 is 67.1 Å². The molecule has 2 heterocycles. The molecule has 0 radical (unpaired) electrons. The number of hydrogen-bond acceptors (Lipinski definition) is 5. The number of halogens is 2. The van der Waals surface area contributed by atoms with Crippen LogP contribution < -0.4 is 10.2 Å². The normalized spacial score (nSPS) is 10.2. The molecule has 0 aliphatic carbocycles. The van der Waals surface area contributed by atoms with E-state index in [9.17, 15) is 0 Å². The summed E-state index contributed by atoms with van der Waals surface area (Å²) in [4.78, 5) is 2.60. The number of thiophene rings is 2. The van der Waals surface area contributed by atoms with Crippen LogP contribution in [0, 0.1) is 13.8 Å². The molecule has 3 nitrogen and oxygen atoms in total. The van der Waals surface area contributed by atoms with Crippen LogP contribution in [0.1, 0.15) is 37.3 Å². The second-order valence-electron chi connectivity index (χ2n) is 9.44. The first-order chi connectivity index (χ1) is 19.7. The highest BCUT2D eigenvalue weighted by atomic mass is 79.9. The summed E-state index contributed by atoms with van der Waals surface area (Å²) in [6.45, 7) is 7.09. The van der Waals surface area contributed by atoms with Crippen LogP contribution in [0.5, 0.6) is 5.75 Å². The van der Waals surface area contributed by atoms with Gasteiger partial charge in [-0.25, -0.2) is 0 Å². The Hall–Kier alpha value is -2.20. The summed E-state index contributed by atoms with van der Waals surface area (Å²) < 4.78 is 8.12. The monoisotopic (exact) mass is 712 g/mol. The number of aryl methyl sites for hydroxylation is 2. The zero-order chi connectivity index (χ0) is 29.6. The first-order valence-corrected chi connectivity index (χ1v) is 16.7. The smallest absolute Gasteiger partial charge is 0.488 e. The summed E-state index contributed by atoms with van der Waals surface area (Å²) in [5.74, 6) is 0.963. The summed E-state index contributed by atoms with van der Waals surface area (Å²) in [6, 6.07) is 32.7. The maximum atomic E-state index is 8.67. The largest absolute Gasteiger partial charge is 0.494 e. The number of ether oxygens (including phenoxy) is 1. The summed E-state index contributed by atoms with van der Waals surface area (Å²) in [5.41, 5.74) is 5.48. The van der Waals surface area contributed by atoms with Gasteiger partial charge in [0.15, 0.2) is 0 Å². The van der Waals surface area contributed by atoms with Gasteiger partial charge < -0.3 is 14.8 Å². The summed E-state index contributed by atoms with van der Waals surface area (Å²) in [5, 5.41) is 17.3. The molecule has 0 amide bonds. The molecule has 0 aliphatic heterocycles. The average molecular weight is 714 g/mol. The molecule has 0 fully saturated rings. The van der Waals surface area contributed by atoms with Gasteiger partial charge in [-0.3, -0.25) is 0 Å². The van der Waals surface area contributed by atoms with Gasteiger partial charge in [0.25, 0.3) is 0 Å². The molecule has 2 aromatic heterocycles. The third kappa shape index (κ3) is 11.9. The van der Waals surface area contributed by atoms with Crippen molar-refractivity contribution in [2.24, 2.45) is 0 Å². The fourth-order valence-corrected chi connectivity index (χ4v) is 7.09. The Bertz CT molecular complexity index is 1410. The Kier molecular flexibility index (Phi) is 14.4. The SMILES string of the molecule is Brc1ccc(Br)s1.CCCCCOc1ccc(-c2ccc(-c3ccc(C)cc3)s2)cc1.Cc1ccc(B(O)O)cc1. The van der Waals surface area contributed by atoms with E-state index in [1.54, 1.807) is 23.5 Å². The highest BCUT2D eigenvalue weighted by Crippen LogP contribution is 2.35. The number of benzene rings is 3. The maximum absolute atomic E-state index is 8.67. The van der Waals surface area contributed by atoms with Gasteiger partial charge in [0.1, 0.15) is 5.75 Å². The first kappa shape index (κ1) is 33.3. The lowest BCUT2D eigenvalue weighted by molar-refractivity contribution is 0.306. The highest BCUT2D eigenvalue weighted by molar-refractivity contribution is 9.12. The van der Waals surface area contributed by atoms with Crippen molar-refractivity contribution in [3.8, 4) is 26.6 Å². The van der Waals surface area contributed by atoms with Crippen LogP contribution >= 0.6 is 54.5 Å². The predicted octanol–water partition coefficient (Wildman–Crippen LogP) is 9.91. The van der Waals surface area contributed by atoms with Crippen molar-refractivity contribution in [2.45, 2.75) is 40.0 Å². The third-order valence-electron chi connectivity index (χ3n) is 6.01. The van der Waals surface area contributed by atoms with Crippen molar-refractivity contribution in [1.82, 2.24) is 0 Å². The van der Waals surface area contributed by atoms with Gasteiger partial charge in [-0.2, -0.15) is 0 Å². The van der Waals surface area contributed by atoms with Crippen LogP contribution in [-0.4, -0.2) is 23.8 Å². The summed E-state index contributed by atoms with van der Waals surface area (Å²) in [6.07, 6.45) is 3.59. The topological polar surface area (TPSA) is 49.7 Å². The Morgan fingerprint density at radius 2 is 1.12 bits per heavy atom. The minimum absolute atomic E-state index is 0.533. The number of rotatable bonds is 8. The molecule has 0 bridgehead atoms. The average Bonchev–Trinajstić information content (AvgIpc) is 3.61. The van der Waals surface area contributed by atoms with E-state index >= 15 is 0 Å². The van der Waals surface area contributed by atoms with Gasteiger partial charge in [0.05, 0.1) is 14.2 Å². The van der Waals surface area contributed by atoms with E-state index in [4.69, 9.17) is 14.8 Å². The minimum Gasteiger partial charge on any atom is -0.494 e. The summed E-state index contributed by atoms with van der Waals surface area (Å²) >= 11 is 10.2. The molecule has 5 rings (SSSR count). The Labute approximate surface area is 269 Å². The molecule has 3 aromatic carbocycles. The molecule has 0 saturated heterocycles.